The molecule has 4 heterocycles. The Labute approximate surface area is 147 Å². The normalized spacial score (nSPS) is 21.6. The number of aromatic nitrogens is 3. The number of hydrogen-bond donors (Lipinski definition) is 1. The number of likely N-dealkylation sites (tertiary alicyclic amines) is 1. The van der Waals surface area contributed by atoms with Crippen LogP contribution in [0.3, 0.4) is 0 Å². The van der Waals surface area contributed by atoms with Crippen molar-refractivity contribution in [2.24, 2.45) is 11.7 Å². The zero-order chi connectivity index (χ0) is 17.2. The van der Waals surface area contributed by atoms with E-state index in [1.807, 2.05) is 29.3 Å². The molecule has 2 fully saturated rings. The topological polar surface area (TPSA) is 85.8 Å². The molecule has 7 nitrogen and oxygen atoms in total. The van der Waals surface area contributed by atoms with E-state index in [0.717, 1.165) is 50.2 Å². The number of nitrogens with zero attached hydrogens (tertiary/aromatic N) is 4. The summed E-state index contributed by atoms with van der Waals surface area (Å²) in [6.45, 7) is 2.91. The van der Waals surface area contributed by atoms with Gasteiger partial charge in [-0.3, -0.25) is 9.20 Å². The highest BCUT2D eigenvalue weighted by Gasteiger charge is 2.33. The lowest BCUT2D eigenvalue weighted by Crippen LogP contribution is -2.51. The SMILES string of the molecule is NC(C(=O)N1CCC(c2nnc3ccccn23)CC1)C1CCOCC1. The molecule has 1 amide bonds. The van der Waals surface area contributed by atoms with Crippen LogP contribution in [-0.4, -0.2) is 57.8 Å². The highest BCUT2D eigenvalue weighted by atomic mass is 16.5. The lowest BCUT2D eigenvalue weighted by Gasteiger charge is -2.35. The van der Waals surface area contributed by atoms with Crippen molar-refractivity contribution >= 4 is 11.6 Å². The van der Waals surface area contributed by atoms with Crippen molar-refractivity contribution in [1.29, 1.82) is 0 Å². The largest absolute Gasteiger partial charge is 0.381 e. The van der Waals surface area contributed by atoms with Gasteiger partial charge < -0.3 is 15.4 Å². The van der Waals surface area contributed by atoms with Crippen LogP contribution < -0.4 is 5.73 Å². The number of ether oxygens (including phenoxy) is 1. The summed E-state index contributed by atoms with van der Waals surface area (Å²) in [5, 5.41) is 8.61. The van der Waals surface area contributed by atoms with Gasteiger partial charge in [-0.05, 0) is 43.7 Å². The van der Waals surface area contributed by atoms with Crippen molar-refractivity contribution in [3.05, 3.63) is 30.2 Å². The number of piperidine rings is 1. The molecule has 2 saturated heterocycles. The summed E-state index contributed by atoms with van der Waals surface area (Å²) >= 11 is 0. The molecule has 2 aliphatic rings. The van der Waals surface area contributed by atoms with Crippen LogP contribution in [0.1, 0.15) is 37.4 Å². The van der Waals surface area contributed by atoms with E-state index in [-0.39, 0.29) is 11.8 Å². The van der Waals surface area contributed by atoms with Crippen molar-refractivity contribution in [1.82, 2.24) is 19.5 Å². The Kier molecular flexibility index (Phi) is 4.67. The molecule has 2 aliphatic heterocycles. The minimum absolute atomic E-state index is 0.0939. The van der Waals surface area contributed by atoms with Gasteiger partial charge in [-0.2, -0.15) is 0 Å². The van der Waals surface area contributed by atoms with Gasteiger partial charge in [0.15, 0.2) is 5.65 Å². The highest BCUT2D eigenvalue weighted by Crippen LogP contribution is 2.28. The van der Waals surface area contributed by atoms with Crippen LogP contribution in [-0.2, 0) is 9.53 Å². The number of carbonyl (C=O) groups is 1. The molecule has 2 N–H and O–H groups in total. The number of rotatable bonds is 3. The Bertz CT molecular complexity index is 732. The maximum absolute atomic E-state index is 12.7. The Morgan fingerprint density at radius 2 is 1.92 bits per heavy atom. The number of pyridine rings is 1. The second-order valence-electron chi connectivity index (χ2n) is 7.06. The third kappa shape index (κ3) is 3.26. The molecule has 0 aromatic carbocycles. The van der Waals surface area contributed by atoms with Gasteiger partial charge in [0.1, 0.15) is 5.82 Å². The molecule has 2 aromatic heterocycles. The summed E-state index contributed by atoms with van der Waals surface area (Å²) < 4.78 is 7.42. The second kappa shape index (κ2) is 7.09. The molecule has 4 rings (SSSR count). The minimum atomic E-state index is -0.394. The first-order valence-electron chi connectivity index (χ1n) is 9.16. The van der Waals surface area contributed by atoms with Gasteiger partial charge in [-0.25, -0.2) is 0 Å². The lowest BCUT2D eigenvalue weighted by atomic mass is 9.90. The monoisotopic (exact) mass is 343 g/mol. The molecular weight excluding hydrogens is 318 g/mol. The van der Waals surface area contributed by atoms with Crippen molar-refractivity contribution in [2.45, 2.75) is 37.6 Å². The number of carbonyl (C=O) groups excluding carboxylic acids is 1. The zero-order valence-corrected chi connectivity index (χ0v) is 14.4. The smallest absolute Gasteiger partial charge is 0.239 e. The van der Waals surface area contributed by atoms with Crippen LogP contribution in [0.4, 0.5) is 0 Å². The summed E-state index contributed by atoms with van der Waals surface area (Å²) in [4.78, 5) is 14.7. The van der Waals surface area contributed by atoms with E-state index in [4.69, 9.17) is 10.5 Å². The van der Waals surface area contributed by atoms with Gasteiger partial charge in [0.25, 0.3) is 0 Å². The molecule has 1 unspecified atom stereocenters. The van der Waals surface area contributed by atoms with Crippen molar-refractivity contribution in [2.75, 3.05) is 26.3 Å². The quantitative estimate of drug-likeness (QED) is 0.905. The van der Waals surface area contributed by atoms with E-state index in [1.165, 1.54) is 0 Å². The van der Waals surface area contributed by atoms with E-state index < -0.39 is 6.04 Å². The lowest BCUT2D eigenvalue weighted by molar-refractivity contribution is -0.135. The summed E-state index contributed by atoms with van der Waals surface area (Å²) in [5.41, 5.74) is 7.13. The molecule has 1 atom stereocenters. The standard InChI is InChI=1S/C18H25N5O2/c19-16(13-6-11-25-12-7-13)18(24)22-9-4-14(5-10-22)17-21-20-15-3-1-2-8-23(15)17/h1-3,8,13-14,16H,4-7,9-12,19H2. The average Bonchev–Trinajstić information content (AvgIpc) is 3.12. The zero-order valence-electron chi connectivity index (χ0n) is 14.4. The molecule has 0 bridgehead atoms. The first-order valence-corrected chi connectivity index (χ1v) is 9.16. The Balaban J connectivity index is 1.38. The molecule has 0 radical (unpaired) electrons. The van der Waals surface area contributed by atoms with Crippen LogP contribution in [0, 0.1) is 5.92 Å². The van der Waals surface area contributed by atoms with Gasteiger partial charge in [0.2, 0.25) is 5.91 Å². The van der Waals surface area contributed by atoms with E-state index in [9.17, 15) is 4.79 Å². The molecule has 0 aliphatic carbocycles. The van der Waals surface area contributed by atoms with Gasteiger partial charge in [-0.15, -0.1) is 10.2 Å². The van der Waals surface area contributed by atoms with Crippen molar-refractivity contribution in [3.63, 3.8) is 0 Å². The summed E-state index contributed by atoms with van der Waals surface area (Å²) in [5.74, 6) is 1.67. The third-order valence-electron chi connectivity index (χ3n) is 5.57. The fraction of sp³-hybridized carbons (Fsp3) is 0.611. The third-order valence-corrected chi connectivity index (χ3v) is 5.57. The Hall–Kier alpha value is -1.99. The maximum atomic E-state index is 12.7. The average molecular weight is 343 g/mol. The molecule has 25 heavy (non-hydrogen) atoms. The van der Waals surface area contributed by atoms with Gasteiger partial charge >= 0.3 is 0 Å². The predicted octanol–water partition coefficient (Wildman–Crippen LogP) is 1.19. The van der Waals surface area contributed by atoms with Crippen LogP contribution >= 0.6 is 0 Å². The van der Waals surface area contributed by atoms with Gasteiger partial charge in [0, 0.05) is 38.4 Å². The maximum Gasteiger partial charge on any atom is 0.239 e. The van der Waals surface area contributed by atoms with Crippen LogP contribution in [0.25, 0.3) is 5.65 Å². The van der Waals surface area contributed by atoms with Crippen LogP contribution in [0.2, 0.25) is 0 Å². The first kappa shape index (κ1) is 16.5. The predicted molar refractivity (Wildman–Crippen MR) is 93.1 cm³/mol. The molecule has 7 heteroatoms. The summed E-state index contributed by atoms with van der Waals surface area (Å²) in [6, 6.07) is 5.52. The minimum Gasteiger partial charge on any atom is -0.381 e. The van der Waals surface area contributed by atoms with Gasteiger partial charge in [-0.1, -0.05) is 6.07 Å². The van der Waals surface area contributed by atoms with Crippen molar-refractivity contribution in [3.8, 4) is 0 Å². The summed E-state index contributed by atoms with van der Waals surface area (Å²) in [7, 11) is 0. The number of fused-ring (bicyclic) bond motifs is 1. The molecular formula is C18H25N5O2. The number of nitrogens with two attached hydrogens (primary N) is 1. The van der Waals surface area contributed by atoms with E-state index in [2.05, 4.69) is 14.6 Å². The fourth-order valence-corrected chi connectivity index (χ4v) is 3.98. The Morgan fingerprint density at radius 1 is 1.16 bits per heavy atom. The van der Waals surface area contributed by atoms with Crippen molar-refractivity contribution < 1.29 is 9.53 Å². The van der Waals surface area contributed by atoms with E-state index in [1.54, 1.807) is 0 Å². The van der Waals surface area contributed by atoms with E-state index >= 15 is 0 Å². The molecule has 0 spiro atoms. The van der Waals surface area contributed by atoms with Crippen LogP contribution in [0.15, 0.2) is 24.4 Å². The molecule has 2 aromatic rings. The molecule has 134 valence electrons. The van der Waals surface area contributed by atoms with E-state index in [0.29, 0.717) is 19.1 Å². The second-order valence-corrected chi connectivity index (χ2v) is 7.06. The molecule has 0 saturated carbocycles. The van der Waals surface area contributed by atoms with Crippen LogP contribution in [0.5, 0.6) is 0 Å². The number of amides is 1. The Morgan fingerprint density at radius 3 is 2.68 bits per heavy atom. The fourth-order valence-electron chi connectivity index (χ4n) is 3.98. The number of hydrogen-bond acceptors (Lipinski definition) is 5. The first-order chi connectivity index (χ1) is 12.2. The summed E-state index contributed by atoms with van der Waals surface area (Å²) in [6.07, 6.45) is 5.58. The highest BCUT2D eigenvalue weighted by molar-refractivity contribution is 5.82. The van der Waals surface area contributed by atoms with Gasteiger partial charge in [0.05, 0.1) is 6.04 Å².